The fourth-order valence-electron chi connectivity index (χ4n) is 3.43. The van der Waals surface area contributed by atoms with Crippen LogP contribution in [0.3, 0.4) is 0 Å². The minimum atomic E-state index is 0.0134. The molecule has 0 radical (unpaired) electrons. The standard InChI is InChI=1S/C17H23N5O2S/c1-12-11-25-15(18-12)10-21-3-4-22-9-14(19-16(22)13(21)2)17(23)20-5-7-24-8-6-20/h9,11,13H,3-8,10H2,1-2H3/t13-/m1/s1. The number of imidazole rings is 1. The topological polar surface area (TPSA) is 63.5 Å². The van der Waals surface area contributed by atoms with Crippen molar-refractivity contribution in [1.82, 2.24) is 24.3 Å². The van der Waals surface area contributed by atoms with Gasteiger partial charge in [0, 0.05) is 43.4 Å². The van der Waals surface area contributed by atoms with Gasteiger partial charge in [-0.3, -0.25) is 9.69 Å². The summed E-state index contributed by atoms with van der Waals surface area (Å²) in [6.45, 7) is 9.31. The van der Waals surface area contributed by atoms with E-state index in [1.807, 2.05) is 18.0 Å². The molecule has 7 nitrogen and oxygen atoms in total. The minimum absolute atomic E-state index is 0.0134. The molecule has 0 aromatic carbocycles. The number of nitrogens with zero attached hydrogens (tertiary/aromatic N) is 5. The van der Waals surface area contributed by atoms with E-state index in [1.54, 1.807) is 11.3 Å². The highest BCUT2D eigenvalue weighted by molar-refractivity contribution is 7.09. The lowest BCUT2D eigenvalue weighted by Crippen LogP contribution is -2.40. The number of carbonyl (C=O) groups is 1. The number of fused-ring (bicyclic) bond motifs is 1. The number of carbonyl (C=O) groups excluding carboxylic acids is 1. The minimum Gasteiger partial charge on any atom is -0.378 e. The van der Waals surface area contributed by atoms with Crippen molar-refractivity contribution in [3.8, 4) is 0 Å². The second kappa shape index (κ2) is 6.86. The molecule has 0 saturated carbocycles. The van der Waals surface area contributed by atoms with Crippen LogP contribution >= 0.6 is 11.3 Å². The van der Waals surface area contributed by atoms with Crippen LogP contribution in [0.25, 0.3) is 0 Å². The molecule has 8 heteroatoms. The zero-order chi connectivity index (χ0) is 17.4. The molecular formula is C17H23N5O2S. The third-order valence-electron chi connectivity index (χ3n) is 4.88. The average Bonchev–Trinajstić information content (AvgIpc) is 3.24. The molecule has 1 saturated heterocycles. The molecule has 0 N–H and O–H groups in total. The van der Waals surface area contributed by atoms with E-state index in [1.165, 1.54) is 0 Å². The molecule has 0 bridgehead atoms. The van der Waals surface area contributed by atoms with E-state index in [0.717, 1.165) is 36.2 Å². The van der Waals surface area contributed by atoms with E-state index in [4.69, 9.17) is 4.74 Å². The second-order valence-electron chi connectivity index (χ2n) is 6.61. The summed E-state index contributed by atoms with van der Waals surface area (Å²) >= 11 is 1.70. The zero-order valence-corrected chi connectivity index (χ0v) is 15.5. The molecule has 1 fully saturated rings. The summed E-state index contributed by atoms with van der Waals surface area (Å²) in [6.07, 6.45) is 1.91. The highest BCUT2D eigenvalue weighted by Gasteiger charge is 2.29. The number of ether oxygens (including phenoxy) is 1. The van der Waals surface area contributed by atoms with E-state index < -0.39 is 0 Å². The smallest absolute Gasteiger partial charge is 0.274 e. The van der Waals surface area contributed by atoms with E-state index in [2.05, 4.69) is 31.7 Å². The quantitative estimate of drug-likeness (QED) is 0.833. The number of hydrogen-bond acceptors (Lipinski definition) is 6. The highest BCUT2D eigenvalue weighted by Crippen LogP contribution is 2.27. The number of aromatic nitrogens is 3. The summed E-state index contributed by atoms with van der Waals surface area (Å²) < 4.78 is 7.45. The molecule has 2 aromatic heterocycles. The van der Waals surface area contributed by atoms with Crippen molar-refractivity contribution in [3.63, 3.8) is 0 Å². The lowest BCUT2D eigenvalue weighted by molar-refractivity contribution is 0.0299. The average molecular weight is 361 g/mol. The van der Waals surface area contributed by atoms with Gasteiger partial charge in [0.05, 0.1) is 25.8 Å². The lowest BCUT2D eigenvalue weighted by atomic mass is 10.2. The number of thiazole rings is 1. The first-order chi connectivity index (χ1) is 12.1. The molecule has 0 unspecified atom stereocenters. The first kappa shape index (κ1) is 16.7. The van der Waals surface area contributed by atoms with Gasteiger partial charge in [0.1, 0.15) is 16.5 Å². The molecule has 0 aliphatic carbocycles. The van der Waals surface area contributed by atoms with Gasteiger partial charge in [-0.05, 0) is 13.8 Å². The predicted octanol–water partition coefficient (Wildman–Crippen LogP) is 1.70. The van der Waals surface area contributed by atoms with Crippen molar-refractivity contribution in [3.05, 3.63) is 33.8 Å². The van der Waals surface area contributed by atoms with Crippen molar-refractivity contribution >= 4 is 17.2 Å². The van der Waals surface area contributed by atoms with Crippen LogP contribution in [0.5, 0.6) is 0 Å². The molecule has 134 valence electrons. The number of aryl methyl sites for hydroxylation is 1. The highest BCUT2D eigenvalue weighted by atomic mass is 32.1. The largest absolute Gasteiger partial charge is 0.378 e. The lowest BCUT2D eigenvalue weighted by Gasteiger charge is -2.32. The number of morpholine rings is 1. The molecule has 2 aliphatic rings. The van der Waals surface area contributed by atoms with Crippen molar-refractivity contribution in [1.29, 1.82) is 0 Å². The Morgan fingerprint density at radius 1 is 1.28 bits per heavy atom. The van der Waals surface area contributed by atoms with Crippen molar-refractivity contribution < 1.29 is 9.53 Å². The maximum atomic E-state index is 12.7. The maximum Gasteiger partial charge on any atom is 0.274 e. The van der Waals surface area contributed by atoms with E-state index in [-0.39, 0.29) is 11.9 Å². The van der Waals surface area contributed by atoms with E-state index in [9.17, 15) is 4.79 Å². The molecule has 0 spiro atoms. The summed E-state index contributed by atoms with van der Waals surface area (Å²) in [5.74, 6) is 0.982. The third kappa shape index (κ3) is 3.33. The van der Waals surface area contributed by atoms with Crippen molar-refractivity contribution in [2.75, 3.05) is 32.8 Å². The van der Waals surface area contributed by atoms with Crippen LogP contribution < -0.4 is 0 Å². The fraction of sp³-hybridized carbons (Fsp3) is 0.588. The monoisotopic (exact) mass is 361 g/mol. The van der Waals surface area contributed by atoms with Gasteiger partial charge in [-0.2, -0.15) is 0 Å². The van der Waals surface area contributed by atoms with Crippen LogP contribution in [0.1, 0.15) is 40.0 Å². The normalized spacial score (nSPS) is 21.4. The summed E-state index contributed by atoms with van der Waals surface area (Å²) in [5.41, 5.74) is 1.63. The Bertz CT molecular complexity index is 765. The first-order valence-electron chi connectivity index (χ1n) is 8.71. The maximum absolute atomic E-state index is 12.7. The molecule has 1 atom stereocenters. The Hall–Kier alpha value is -1.77. The van der Waals surface area contributed by atoms with Crippen LogP contribution in [0.4, 0.5) is 0 Å². The summed E-state index contributed by atoms with van der Waals surface area (Å²) in [4.78, 5) is 26.1. The van der Waals surface area contributed by atoms with Gasteiger partial charge >= 0.3 is 0 Å². The summed E-state index contributed by atoms with van der Waals surface area (Å²) in [6, 6.07) is 0.171. The SMILES string of the molecule is Cc1csc(CN2CCn3cc(C(=O)N4CCOCC4)nc3[C@H]2C)n1. The third-order valence-corrected chi connectivity index (χ3v) is 5.83. The Kier molecular flexibility index (Phi) is 4.58. The van der Waals surface area contributed by atoms with Crippen LogP contribution in [0, 0.1) is 6.92 Å². The van der Waals surface area contributed by atoms with E-state index in [0.29, 0.717) is 32.0 Å². The van der Waals surface area contributed by atoms with Gasteiger partial charge in [0.25, 0.3) is 5.91 Å². The predicted molar refractivity (Wildman–Crippen MR) is 94.6 cm³/mol. The van der Waals surface area contributed by atoms with Gasteiger partial charge in [-0.15, -0.1) is 11.3 Å². The van der Waals surface area contributed by atoms with Crippen molar-refractivity contribution in [2.45, 2.75) is 33.0 Å². The number of hydrogen-bond donors (Lipinski definition) is 0. The molecule has 2 aromatic rings. The molecule has 4 heterocycles. The number of rotatable bonds is 3. The Balaban J connectivity index is 1.50. The van der Waals surface area contributed by atoms with Crippen LogP contribution in [-0.2, 0) is 17.8 Å². The second-order valence-corrected chi connectivity index (χ2v) is 7.55. The summed E-state index contributed by atoms with van der Waals surface area (Å²) in [7, 11) is 0. The zero-order valence-electron chi connectivity index (χ0n) is 14.6. The van der Waals surface area contributed by atoms with Crippen LogP contribution in [0.15, 0.2) is 11.6 Å². The van der Waals surface area contributed by atoms with Gasteiger partial charge in [-0.1, -0.05) is 0 Å². The first-order valence-corrected chi connectivity index (χ1v) is 9.59. The fourth-order valence-corrected chi connectivity index (χ4v) is 4.23. The van der Waals surface area contributed by atoms with Gasteiger partial charge in [-0.25, -0.2) is 9.97 Å². The molecule has 25 heavy (non-hydrogen) atoms. The molecule has 2 aliphatic heterocycles. The summed E-state index contributed by atoms with van der Waals surface area (Å²) in [5, 5.41) is 3.22. The van der Waals surface area contributed by atoms with Gasteiger partial charge in [0.15, 0.2) is 0 Å². The van der Waals surface area contributed by atoms with Crippen LogP contribution in [0.2, 0.25) is 0 Å². The van der Waals surface area contributed by atoms with Gasteiger partial charge < -0.3 is 14.2 Å². The molecule has 1 amide bonds. The van der Waals surface area contributed by atoms with E-state index >= 15 is 0 Å². The molecular weight excluding hydrogens is 338 g/mol. The van der Waals surface area contributed by atoms with Crippen LogP contribution in [-0.4, -0.2) is 63.1 Å². The molecule has 4 rings (SSSR count). The van der Waals surface area contributed by atoms with Gasteiger partial charge in [0.2, 0.25) is 0 Å². The number of amides is 1. The van der Waals surface area contributed by atoms with Crippen molar-refractivity contribution in [2.24, 2.45) is 0 Å². The Labute approximate surface area is 151 Å². The Morgan fingerprint density at radius 2 is 2.08 bits per heavy atom. The Morgan fingerprint density at radius 3 is 2.80 bits per heavy atom.